The zero-order valence-corrected chi connectivity index (χ0v) is 16.3. The van der Waals surface area contributed by atoms with Crippen molar-refractivity contribution in [3.8, 4) is 11.1 Å². The summed E-state index contributed by atoms with van der Waals surface area (Å²) in [4.78, 5) is 26.4. The molecule has 0 spiro atoms. The van der Waals surface area contributed by atoms with Crippen molar-refractivity contribution in [1.29, 1.82) is 0 Å². The van der Waals surface area contributed by atoms with Crippen molar-refractivity contribution >= 4 is 12.1 Å². The van der Waals surface area contributed by atoms with E-state index in [2.05, 4.69) is 24.3 Å². The van der Waals surface area contributed by atoms with E-state index in [0.717, 1.165) is 36.8 Å². The van der Waals surface area contributed by atoms with E-state index in [1.807, 2.05) is 24.3 Å². The predicted molar refractivity (Wildman–Crippen MR) is 109 cm³/mol. The molecule has 3 unspecified atom stereocenters. The van der Waals surface area contributed by atoms with E-state index in [-0.39, 0.29) is 18.6 Å². The summed E-state index contributed by atoms with van der Waals surface area (Å²) in [6.45, 7) is 0.229. The number of likely N-dealkylation sites (tertiary alicyclic amines) is 1. The van der Waals surface area contributed by atoms with Gasteiger partial charge in [0, 0.05) is 12.0 Å². The molecule has 2 aliphatic carbocycles. The molecular formula is C24H25NO4. The normalized spacial score (nSPS) is 25.2. The lowest BCUT2D eigenvalue weighted by Crippen LogP contribution is -2.55. The molecule has 5 rings (SSSR count). The Morgan fingerprint density at radius 1 is 0.931 bits per heavy atom. The number of carboxylic acid groups (broad SMARTS) is 1. The zero-order chi connectivity index (χ0) is 20.0. The minimum Gasteiger partial charge on any atom is -0.480 e. The number of hydrogen-bond donors (Lipinski definition) is 1. The van der Waals surface area contributed by atoms with Crippen LogP contribution in [0.25, 0.3) is 11.1 Å². The van der Waals surface area contributed by atoms with Crippen molar-refractivity contribution in [3.63, 3.8) is 0 Å². The number of rotatable bonds is 3. The molecule has 2 aromatic rings. The highest BCUT2D eigenvalue weighted by molar-refractivity contribution is 5.81. The van der Waals surface area contributed by atoms with Crippen LogP contribution in [-0.4, -0.2) is 40.8 Å². The van der Waals surface area contributed by atoms with Gasteiger partial charge in [-0.3, -0.25) is 4.90 Å². The summed E-state index contributed by atoms with van der Waals surface area (Å²) in [7, 11) is 0. The lowest BCUT2D eigenvalue weighted by atomic mass is 9.88. The molecule has 0 radical (unpaired) electrons. The monoisotopic (exact) mass is 391 g/mol. The van der Waals surface area contributed by atoms with E-state index < -0.39 is 18.1 Å². The molecule has 0 bridgehead atoms. The van der Waals surface area contributed by atoms with Crippen molar-refractivity contribution in [2.45, 2.75) is 50.1 Å². The third-order valence-electron chi connectivity index (χ3n) is 6.95. The van der Waals surface area contributed by atoms with Crippen molar-refractivity contribution in [2.75, 3.05) is 6.61 Å². The molecule has 1 heterocycles. The summed E-state index contributed by atoms with van der Waals surface area (Å²) in [5.41, 5.74) is 4.69. The largest absolute Gasteiger partial charge is 0.480 e. The van der Waals surface area contributed by atoms with Crippen LogP contribution in [0.4, 0.5) is 4.79 Å². The van der Waals surface area contributed by atoms with Crippen molar-refractivity contribution < 1.29 is 19.4 Å². The number of piperidine rings is 1. The molecule has 0 aromatic heterocycles. The molecular weight excluding hydrogens is 366 g/mol. The number of amides is 1. The Labute approximate surface area is 170 Å². The fourth-order valence-electron chi connectivity index (χ4n) is 5.64. The zero-order valence-electron chi connectivity index (χ0n) is 16.3. The third-order valence-corrected chi connectivity index (χ3v) is 6.95. The lowest BCUT2D eigenvalue weighted by molar-refractivity contribution is -0.145. The number of carbonyl (C=O) groups excluding carboxylic acids is 1. The molecule has 3 aliphatic rings. The van der Waals surface area contributed by atoms with E-state index in [1.165, 1.54) is 16.0 Å². The van der Waals surface area contributed by atoms with Gasteiger partial charge in [-0.1, -0.05) is 55.0 Å². The first-order valence-electron chi connectivity index (χ1n) is 10.5. The summed E-state index contributed by atoms with van der Waals surface area (Å²) < 4.78 is 5.79. The van der Waals surface area contributed by atoms with E-state index >= 15 is 0 Å². The van der Waals surface area contributed by atoms with E-state index in [0.29, 0.717) is 12.3 Å². The Hall–Kier alpha value is -2.82. The number of carboxylic acids is 1. The number of ether oxygens (including phenoxy) is 1. The standard InChI is InChI=1S/C24H25NO4/c26-23(27)22-13-12-15-6-5-11-21(15)25(22)24(28)29-14-20-18-9-3-1-7-16(18)17-8-2-4-10-19(17)20/h1-4,7-10,15,20-22H,5-6,11-14H2,(H,26,27). The van der Waals surface area contributed by atoms with E-state index in [4.69, 9.17) is 4.74 Å². The highest BCUT2D eigenvalue weighted by Gasteiger charge is 2.46. The number of fused-ring (bicyclic) bond motifs is 4. The van der Waals surface area contributed by atoms with Crippen LogP contribution in [0.2, 0.25) is 0 Å². The Kier molecular flexibility index (Phi) is 4.53. The average molecular weight is 391 g/mol. The minimum absolute atomic E-state index is 0.000463. The molecule has 29 heavy (non-hydrogen) atoms. The Bertz CT molecular complexity index is 910. The van der Waals surface area contributed by atoms with Gasteiger partial charge >= 0.3 is 12.1 Å². The van der Waals surface area contributed by atoms with Crippen LogP contribution in [0, 0.1) is 5.92 Å². The second kappa shape index (κ2) is 7.21. The molecule has 2 aromatic carbocycles. The van der Waals surface area contributed by atoms with Gasteiger partial charge in [0.05, 0.1) is 0 Å². The van der Waals surface area contributed by atoms with Crippen molar-refractivity contribution in [2.24, 2.45) is 5.92 Å². The van der Waals surface area contributed by atoms with Crippen LogP contribution in [0.5, 0.6) is 0 Å². The van der Waals surface area contributed by atoms with Gasteiger partial charge in [-0.25, -0.2) is 9.59 Å². The maximum absolute atomic E-state index is 13.1. The number of nitrogens with zero attached hydrogens (tertiary/aromatic N) is 1. The summed E-state index contributed by atoms with van der Waals surface area (Å²) in [5, 5.41) is 9.67. The summed E-state index contributed by atoms with van der Waals surface area (Å²) in [5.74, 6) is -0.534. The SMILES string of the molecule is O=C(O)C1CCC2CCCC2N1C(=O)OCC1c2ccccc2-c2ccccc21. The molecule has 3 atom stereocenters. The van der Waals surface area contributed by atoms with Crippen LogP contribution >= 0.6 is 0 Å². The molecule has 1 saturated heterocycles. The van der Waals surface area contributed by atoms with Crippen LogP contribution in [-0.2, 0) is 9.53 Å². The number of hydrogen-bond acceptors (Lipinski definition) is 3. The van der Waals surface area contributed by atoms with Gasteiger partial charge in [-0.2, -0.15) is 0 Å². The second-order valence-electron chi connectivity index (χ2n) is 8.40. The van der Waals surface area contributed by atoms with Crippen LogP contribution in [0.3, 0.4) is 0 Å². The minimum atomic E-state index is -0.927. The number of aliphatic carboxylic acids is 1. The van der Waals surface area contributed by atoms with Gasteiger partial charge in [-0.15, -0.1) is 0 Å². The molecule has 2 fully saturated rings. The highest BCUT2D eigenvalue weighted by Crippen LogP contribution is 2.45. The molecule has 1 aliphatic heterocycles. The molecule has 1 N–H and O–H groups in total. The lowest BCUT2D eigenvalue weighted by Gasteiger charge is -2.41. The van der Waals surface area contributed by atoms with Gasteiger partial charge in [0.25, 0.3) is 0 Å². The van der Waals surface area contributed by atoms with Crippen LogP contribution < -0.4 is 0 Å². The molecule has 1 amide bonds. The highest BCUT2D eigenvalue weighted by atomic mass is 16.6. The molecule has 5 heteroatoms. The van der Waals surface area contributed by atoms with Crippen molar-refractivity contribution in [1.82, 2.24) is 4.90 Å². The second-order valence-corrected chi connectivity index (χ2v) is 8.40. The van der Waals surface area contributed by atoms with Gasteiger partial charge in [0.1, 0.15) is 12.6 Å². The average Bonchev–Trinajstić information content (AvgIpc) is 3.34. The van der Waals surface area contributed by atoms with Gasteiger partial charge < -0.3 is 9.84 Å². The van der Waals surface area contributed by atoms with Gasteiger partial charge in [-0.05, 0) is 53.9 Å². The topological polar surface area (TPSA) is 66.8 Å². The predicted octanol–water partition coefficient (Wildman–Crippen LogP) is 4.65. The maximum atomic E-state index is 13.1. The summed E-state index contributed by atoms with van der Waals surface area (Å²) in [6.07, 6.45) is 3.92. The number of benzene rings is 2. The Morgan fingerprint density at radius 2 is 1.59 bits per heavy atom. The quantitative estimate of drug-likeness (QED) is 0.827. The molecule has 5 nitrogen and oxygen atoms in total. The van der Waals surface area contributed by atoms with Crippen molar-refractivity contribution in [3.05, 3.63) is 59.7 Å². The van der Waals surface area contributed by atoms with Gasteiger partial charge in [0.15, 0.2) is 0 Å². The first kappa shape index (κ1) is 18.2. The van der Waals surface area contributed by atoms with Crippen LogP contribution in [0.1, 0.15) is 49.1 Å². The van der Waals surface area contributed by atoms with Crippen LogP contribution in [0.15, 0.2) is 48.5 Å². The number of carbonyl (C=O) groups is 2. The smallest absolute Gasteiger partial charge is 0.410 e. The fraction of sp³-hybridized carbons (Fsp3) is 0.417. The Morgan fingerprint density at radius 3 is 2.24 bits per heavy atom. The summed E-state index contributed by atoms with van der Waals surface area (Å²) in [6, 6.07) is 15.7. The molecule has 150 valence electrons. The third kappa shape index (κ3) is 3.00. The molecule has 1 saturated carbocycles. The maximum Gasteiger partial charge on any atom is 0.410 e. The first-order valence-corrected chi connectivity index (χ1v) is 10.5. The summed E-state index contributed by atoms with van der Waals surface area (Å²) >= 11 is 0. The Balaban J connectivity index is 1.38. The van der Waals surface area contributed by atoms with E-state index in [9.17, 15) is 14.7 Å². The fourth-order valence-corrected chi connectivity index (χ4v) is 5.64. The van der Waals surface area contributed by atoms with Gasteiger partial charge in [0.2, 0.25) is 0 Å². The van der Waals surface area contributed by atoms with E-state index in [1.54, 1.807) is 0 Å². The first-order chi connectivity index (χ1) is 14.1.